The van der Waals surface area contributed by atoms with Gasteiger partial charge in [-0.25, -0.2) is 23.7 Å². The number of aliphatic hydroxyl groups excluding tert-OH is 2. The number of hydrogen-bond acceptors (Lipinski definition) is 22. The van der Waals surface area contributed by atoms with E-state index in [1.807, 2.05) is 46.8 Å². The zero-order valence-electron chi connectivity index (χ0n) is 51.8. The number of phosphoric acid groups is 3. The van der Waals surface area contributed by atoms with Crippen LogP contribution in [0.2, 0.25) is 0 Å². The molecule has 1 saturated heterocycles. The molecule has 94 heavy (non-hydrogen) atoms. The lowest BCUT2D eigenvalue weighted by molar-refractivity contribution is -0.128. The van der Waals surface area contributed by atoms with E-state index in [0.29, 0.717) is 72.1 Å². The van der Waals surface area contributed by atoms with Gasteiger partial charge in [0.2, 0.25) is 17.7 Å². The highest BCUT2D eigenvalue weighted by Gasteiger charge is 2.44. The van der Waals surface area contributed by atoms with Gasteiger partial charge in [0, 0.05) is 78.9 Å². The molecule has 516 valence electrons. The van der Waals surface area contributed by atoms with Gasteiger partial charge in [0.15, 0.2) is 0 Å². The lowest BCUT2D eigenvalue weighted by atomic mass is 9.76. The Morgan fingerprint density at radius 3 is 2.31 bits per heavy atom. The number of carbonyl (C=O) groups is 3. The summed E-state index contributed by atoms with van der Waals surface area (Å²) in [7, 11) is -23.3. The molecule has 30 nitrogen and oxygen atoms in total. The molecule has 4 aromatic rings. The Morgan fingerprint density at radius 1 is 0.915 bits per heavy atom. The maximum absolute atomic E-state index is 13.4. The van der Waals surface area contributed by atoms with Crippen LogP contribution in [0.15, 0.2) is 107 Å². The third-order valence-electron chi connectivity index (χ3n) is 15.0. The number of unbranched alkanes of at least 4 members (excludes halogenated alkanes) is 3. The maximum Gasteiger partial charge on any atom is 0.490 e. The third kappa shape index (κ3) is 22.0. The number of nitrogens with zero attached hydrogens (tertiary/aromatic N) is 4. The number of hydrogen-bond donors (Lipinski definition) is 12. The van der Waals surface area contributed by atoms with E-state index < -0.39 is 91.5 Å². The summed E-state index contributed by atoms with van der Waals surface area (Å²) in [5, 5.41) is 28.6. The number of benzene rings is 2. The predicted octanol–water partition coefficient (Wildman–Crippen LogP) is 6.31. The number of ether oxygens (including phenoxy) is 1. The zero-order chi connectivity index (χ0) is 69.6. The molecule has 0 radical (unpaired) electrons. The van der Waals surface area contributed by atoms with Crippen LogP contribution in [0.1, 0.15) is 108 Å². The molecular formula is C57H77N8O22P3S4. The summed E-state index contributed by atoms with van der Waals surface area (Å²) in [5.74, 6) is 5.12. The number of nitrogens with one attached hydrogen (secondary N) is 3. The molecule has 37 heteroatoms. The number of rotatable bonds is 34. The predicted molar refractivity (Wildman–Crippen MR) is 352 cm³/mol. The average Bonchev–Trinajstić information content (AvgIpc) is 1.58. The molecule has 6 rings (SSSR count). The van der Waals surface area contributed by atoms with Crippen molar-refractivity contribution in [1.82, 2.24) is 30.5 Å². The number of carbonyl (C=O) groups excluding carboxylic acids is 3. The van der Waals surface area contributed by atoms with Gasteiger partial charge in [0.05, 0.1) is 40.0 Å². The van der Waals surface area contributed by atoms with Gasteiger partial charge in [0.25, 0.3) is 20.2 Å². The van der Waals surface area contributed by atoms with E-state index in [4.69, 9.17) is 20.3 Å². The minimum Gasteiger partial charge on any atom is -0.396 e. The number of anilines is 2. The smallest absolute Gasteiger partial charge is 0.396 e. The Morgan fingerprint density at radius 2 is 1.62 bits per heavy atom. The van der Waals surface area contributed by atoms with Crippen LogP contribution in [0.4, 0.5) is 11.5 Å². The first-order valence-electron chi connectivity index (χ1n) is 29.0. The van der Waals surface area contributed by atoms with Gasteiger partial charge in [-0.2, -0.15) is 25.5 Å². The number of phosphoric ester groups is 1. The van der Waals surface area contributed by atoms with Crippen LogP contribution in [-0.4, -0.2) is 151 Å². The molecule has 2 aromatic carbocycles. The molecule has 3 amide bonds. The Hall–Kier alpha value is -5.60. The van der Waals surface area contributed by atoms with Crippen molar-refractivity contribution in [3.8, 4) is 11.8 Å². The zero-order valence-corrected chi connectivity index (χ0v) is 57.7. The first-order chi connectivity index (χ1) is 43.8. The Kier molecular flexibility index (Phi) is 27.3. The number of aromatic nitrogens is 3. The van der Waals surface area contributed by atoms with Crippen LogP contribution in [0, 0.1) is 18.8 Å². The topological polar surface area (TPSA) is 466 Å². The molecule has 2 aromatic heterocycles. The fourth-order valence-electron chi connectivity index (χ4n) is 10.1. The van der Waals surface area contributed by atoms with Crippen LogP contribution in [0.5, 0.6) is 0 Å². The average molecular weight is 1450 g/mol. The van der Waals surface area contributed by atoms with Crippen molar-refractivity contribution < 1.29 is 102 Å². The van der Waals surface area contributed by atoms with E-state index in [9.17, 15) is 74.0 Å². The van der Waals surface area contributed by atoms with E-state index in [-0.39, 0.29) is 77.8 Å². The van der Waals surface area contributed by atoms with Crippen LogP contribution < -0.4 is 26.6 Å². The van der Waals surface area contributed by atoms with Crippen LogP contribution in [0.25, 0.3) is 11.0 Å². The highest BCUT2D eigenvalue weighted by atomic mass is 33.1. The number of aliphatic hydroxyl groups is 2. The minimum atomic E-state index is -5.79. The maximum atomic E-state index is 13.4. The first kappa shape index (κ1) is 77.4. The molecule has 0 bridgehead atoms. The van der Waals surface area contributed by atoms with Crippen molar-refractivity contribution in [3.05, 3.63) is 119 Å². The van der Waals surface area contributed by atoms with Crippen molar-refractivity contribution in [2.75, 3.05) is 55.0 Å². The van der Waals surface area contributed by atoms with Crippen molar-refractivity contribution in [3.63, 3.8) is 0 Å². The van der Waals surface area contributed by atoms with Gasteiger partial charge < -0.3 is 65.7 Å². The summed E-state index contributed by atoms with van der Waals surface area (Å²) in [4.78, 5) is 86.4. The molecule has 2 aliphatic heterocycles. The molecule has 2 aliphatic rings. The number of amides is 3. The van der Waals surface area contributed by atoms with Gasteiger partial charge >= 0.3 is 23.5 Å². The summed E-state index contributed by atoms with van der Waals surface area (Å²) in [6.07, 6.45) is 10.7. The number of fused-ring (bicyclic) bond motifs is 2. The number of nitrogens with two attached hydrogens (primary N) is 1. The second-order valence-corrected chi connectivity index (χ2v) is 32.5. The number of aryl methyl sites for hydroxylation is 1. The quantitative estimate of drug-likeness (QED) is 0.00608. The van der Waals surface area contributed by atoms with Gasteiger partial charge in [0.1, 0.15) is 36.2 Å². The van der Waals surface area contributed by atoms with Crippen molar-refractivity contribution >= 4 is 106 Å². The van der Waals surface area contributed by atoms with Gasteiger partial charge in [-0.15, -0.1) is 0 Å². The highest BCUT2D eigenvalue weighted by Crippen LogP contribution is 2.66. The SMILES string of the molecule is C=C(/C=C/C=C/C=C1/N(CCCCCC(=O)NC(CSSCCC(=O)NCC#Cc2cn([C@H]3C[C@@H](O)[C@@H](COP(=O)(O)OP(=O)(O)OP(=O)(O)O)O3)c3ncnc(N)c23)C(=O)NCCCCO)c2ccc(S(=O)(=O)O)cc2C1(C)C)C(C)(C)c1cc(S(=O)(=O)O)ccc1C. The lowest BCUT2D eigenvalue weighted by Gasteiger charge is -2.28. The van der Waals surface area contributed by atoms with Gasteiger partial charge in [-0.3, -0.25) is 28.0 Å². The number of allylic oxidation sites excluding steroid dienone is 7. The van der Waals surface area contributed by atoms with E-state index in [1.165, 1.54) is 56.6 Å². The normalized spacial score (nSPS) is 18.8. The molecule has 3 unspecified atom stereocenters. The van der Waals surface area contributed by atoms with Crippen molar-refractivity contribution in [2.24, 2.45) is 0 Å². The Balaban J connectivity index is 0.993. The van der Waals surface area contributed by atoms with Crippen LogP contribution in [0.3, 0.4) is 0 Å². The van der Waals surface area contributed by atoms with E-state index >= 15 is 0 Å². The van der Waals surface area contributed by atoms with Crippen molar-refractivity contribution in [2.45, 2.75) is 131 Å². The van der Waals surface area contributed by atoms with E-state index in [2.05, 4.69) is 62.4 Å². The van der Waals surface area contributed by atoms with Gasteiger partial charge in [-0.05, 0) is 91.3 Å². The van der Waals surface area contributed by atoms with Crippen LogP contribution in [-0.2, 0) is 77.0 Å². The molecule has 13 N–H and O–H groups in total. The van der Waals surface area contributed by atoms with Gasteiger partial charge in [-0.1, -0.05) is 104 Å². The molecule has 1 fully saturated rings. The largest absolute Gasteiger partial charge is 0.490 e. The van der Waals surface area contributed by atoms with E-state index in [1.54, 1.807) is 30.4 Å². The Bertz CT molecular complexity index is 4000. The second kappa shape index (κ2) is 33.1. The van der Waals surface area contributed by atoms with Crippen LogP contribution >= 0.6 is 45.1 Å². The molecule has 0 saturated carbocycles. The molecule has 6 atom stereocenters. The summed E-state index contributed by atoms with van der Waals surface area (Å²) in [5.41, 5.74) is 9.64. The minimum absolute atomic E-state index is 0.0252. The molecule has 0 aliphatic carbocycles. The standard InChI is InChI=1S/C57H77N8O22P3S4/c1-37-20-21-40(93(78,79)80)30-42(37)56(3,4)38(2)16-9-7-10-18-48-57(5,6)43-31-41(94(81,82)83)22-23-45(43)64(48)27-13-8-11-19-50(69)63-44(55(70)60-25-12-14-28-66)35-92-91-29-24-49(68)59-26-15-17-39-33-65(54-52(39)53(58)61-36-62-54)51-32-46(67)47(85-51)34-84-89(74,75)87-90(76,77)86-88(71,72)73/h7,9-10,16,18,20-23,30-31,33,36,44,46-47,51,66-67H,2,8,11-14,19,24-29,32,34-35H2,1,3-6H3,(H,59,68)(H,60,70)(H,63,69)(H,74,75)(H,76,77)(H2,58,61,62)(H2,71,72,73)(H,78,79,80)(H,81,82,83)/b10-7+,16-9+,48-18+/t44?,46-,47-,51-/m1/s1. The van der Waals surface area contributed by atoms with E-state index in [0.717, 1.165) is 23.3 Å². The fraction of sp³-hybridized carbons (Fsp3) is 0.456. The second-order valence-electron chi connectivity index (χ2n) is 22.6. The summed E-state index contributed by atoms with van der Waals surface area (Å²) >= 11 is 0. The summed E-state index contributed by atoms with van der Waals surface area (Å²) in [6, 6.07) is 7.93. The third-order valence-corrected chi connectivity index (χ3v) is 23.0. The Labute approximate surface area is 552 Å². The molecule has 0 spiro atoms. The molecular weight excluding hydrogens is 1370 g/mol. The summed E-state index contributed by atoms with van der Waals surface area (Å²) in [6.45, 7) is 13.4. The van der Waals surface area contributed by atoms with Crippen molar-refractivity contribution in [1.29, 1.82) is 0 Å². The monoisotopic (exact) mass is 1450 g/mol. The highest BCUT2D eigenvalue weighted by molar-refractivity contribution is 8.76. The lowest BCUT2D eigenvalue weighted by Crippen LogP contribution is -2.48. The first-order valence-corrected chi connectivity index (χ1v) is 38.9. The fourth-order valence-corrected chi connectivity index (χ4v) is 16.3. The summed E-state index contributed by atoms with van der Waals surface area (Å²) < 4.78 is 122. The molecule has 4 heterocycles. The number of nitrogen functional groups attached to an aromatic ring is 1.